The fraction of sp³-hybridized carbons (Fsp3) is 0.0625. The average molecular weight is 349 g/mol. The second-order valence-electron chi connectivity index (χ2n) is 4.79. The van der Waals surface area contributed by atoms with Gasteiger partial charge in [0.15, 0.2) is 0 Å². The monoisotopic (exact) mass is 348 g/mol. The molecule has 0 unspecified atom stereocenters. The molecule has 0 spiro atoms. The SMILES string of the molecule is O=C1S/C(=C\c2cccnc2)C(=O)N1Cc1ccc(F)cc1Cl. The summed E-state index contributed by atoms with van der Waals surface area (Å²) in [6.45, 7) is 0.00809. The van der Waals surface area contributed by atoms with Crippen LogP contribution >= 0.6 is 23.4 Å². The summed E-state index contributed by atoms with van der Waals surface area (Å²) in [6, 6.07) is 7.39. The second kappa shape index (κ2) is 6.52. The molecule has 23 heavy (non-hydrogen) atoms. The minimum Gasteiger partial charge on any atom is -0.268 e. The first-order valence-corrected chi connectivity index (χ1v) is 7.83. The van der Waals surface area contributed by atoms with Gasteiger partial charge >= 0.3 is 0 Å². The summed E-state index contributed by atoms with van der Waals surface area (Å²) in [7, 11) is 0. The van der Waals surface area contributed by atoms with Gasteiger partial charge in [0.05, 0.1) is 11.4 Å². The van der Waals surface area contributed by atoms with E-state index in [0.717, 1.165) is 28.3 Å². The van der Waals surface area contributed by atoms with Crippen LogP contribution in [0.15, 0.2) is 47.6 Å². The van der Waals surface area contributed by atoms with Gasteiger partial charge in [-0.3, -0.25) is 19.5 Å². The number of pyridine rings is 1. The standard InChI is InChI=1S/C16H10ClFN2O2S/c17-13-7-12(18)4-3-11(13)9-20-15(21)14(23-16(20)22)6-10-2-1-5-19-8-10/h1-8H,9H2/b14-6-. The van der Waals surface area contributed by atoms with Crippen LogP contribution in [0, 0.1) is 5.82 Å². The number of aromatic nitrogens is 1. The number of thioether (sulfide) groups is 1. The van der Waals surface area contributed by atoms with Crippen molar-refractivity contribution in [1.29, 1.82) is 0 Å². The van der Waals surface area contributed by atoms with Crippen LogP contribution in [0.1, 0.15) is 11.1 Å². The number of rotatable bonds is 3. The molecule has 0 N–H and O–H groups in total. The predicted molar refractivity (Wildman–Crippen MR) is 87.2 cm³/mol. The Balaban J connectivity index is 1.83. The molecule has 2 amide bonds. The van der Waals surface area contributed by atoms with Crippen LogP contribution in [-0.4, -0.2) is 21.0 Å². The molecule has 0 bridgehead atoms. The predicted octanol–water partition coefficient (Wildman–Crippen LogP) is 4.11. The highest BCUT2D eigenvalue weighted by Gasteiger charge is 2.35. The van der Waals surface area contributed by atoms with Crippen LogP contribution in [0.4, 0.5) is 9.18 Å². The number of carbonyl (C=O) groups excluding carboxylic acids is 2. The van der Waals surface area contributed by atoms with Gasteiger partial charge in [0.25, 0.3) is 11.1 Å². The summed E-state index contributed by atoms with van der Waals surface area (Å²) in [5, 5.41) is -0.203. The van der Waals surface area contributed by atoms with E-state index in [1.165, 1.54) is 12.1 Å². The Labute approximate surface area is 141 Å². The molecule has 0 saturated carbocycles. The van der Waals surface area contributed by atoms with Crippen LogP contribution in [0.5, 0.6) is 0 Å². The first-order chi connectivity index (χ1) is 11.0. The second-order valence-corrected chi connectivity index (χ2v) is 6.19. The smallest absolute Gasteiger partial charge is 0.268 e. The van der Waals surface area contributed by atoms with Crippen molar-refractivity contribution >= 4 is 40.6 Å². The van der Waals surface area contributed by atoms with E-state index in [4.69, 9.17) is 11.6 Å². The lowest BCUT2D eigenvalue weighted by atomic mass is 10.2. The maximum absolute atomic E-state index is 13.1. The van der Waals surface area contributed by atoms with Crippen molar-refractivity contribution in [1.82, 2.24) is 9.88 Å². The van der Waals surface area contributed by atoms with Crippen LogP contribution in [-0.2, 0) is 11.3 Å². The fourth-order valence-electron chi connectivity index (χ4n) is 2.07. The summed E-state index contributed by atoms with van der Waals surface area (Å²) >= 11 is 6.81. The van der Waals surface area contributed by atoms with Crippen LogP contribution in [0.25, 0.3) is 6.08 Å². The number of benzene rings is 1. The third-order valence-electron chi connectivity index (χ3n) is 3.20. The summed E-state index contributed by atoms with van der Waals surface area (Å²) in [5.41, 5.74) is 1.25. The molecule has 116 valence electrons. The third-order valence-corrected chi connectivity index (χ3v) is 4.46. The van der Waals surface area contributed by atoms with Crippen molar-refractivity contribution in [3.05, 3.63) is 69.6 Å². The van der Waals surface area contributed by atoms with Gasteiger partial charge in [-0.1, -0.05) is 23.7 Å². The lowest BCUT2D eigenvalue weighted by Gasteiger charge is -2.13. The highest BCUT2D eigenvalue weighted by atomic mass is 35.5. The van der Waals surface area contributed by atoms with Crippen molar-refractivity contribution < 1.29 is 14.0 Å². The van der Waals surface area contributed by atoms with E-state index in [-0.39, 0.29) is 16.8 Å². The van der Waals surface area contributed by atoms with Gasteiger partial charge in [0.1, 0.15) is 5.82 Å². The zero-order valence-corrected chi connectivity index (χ0v) is 13.3. The Kier molecular flexibility index (Phi) is 4.45. The van der Waals surface area contributed by atoms with Gasteiger partial charge in [-0.05, 0) is 47.2 Å². The molecule has 2 heterocycles. The Hall–Kier alpha value is -2.18. The Morgan fingerprint density at radius 2 is 2.13 bits per heavy atom. The summed E-state index contributed by atoms with van der Waals surface area (Å²) in [4.78, 5) is 29.8. The van der Waals surface area contributed by atoms with Gasteiger partial charge in [-0.15, -0.1) is 0 Å². The molecule has 1 aromatic heterocycles. The topological polar surface area (TPSA) is 50.3 Å². The molecule has 3 rings (SSSR count). The van der Waals surface area contributed by atoms with Crippen molar-refractivity contribution in [3.8, 4) is 0 Å². The van der Waals surface area contributed by atoms with E-state index in [2.05, 4.69) is 4.98 Å². The molecular formula is C16H10ClFN2O2S. The van der Waals surface area contributed by atoms with Crippen molar-refractivity contribution in [2.75, 3.05) is 0 Å². The normalized spacial score (nSPS) is 16.4. The fourth-order valence-corrected chi connectivity index (χ4v) is 3.13. The molecule has 1 fully saturated rings. The van der Waals surface area contributed by atoms with E-state index in [9.17, 15) is 14.0 Å². The summed E-state index contributed by atoms with van der Waals surface area (Å²) in [5.74, 6) is -0.867. The summed E-state index contributed by atoms with van der Waals surface area (Å²) in [6.07, 6.45) is 4.84. The molecular weight excluding hydrogens is 339 g/mol. The van der Waals surface area contributed by atoms with Gasteiger partial charge in [-0.2, -0.15) is 0 Å². The Morgan fingerprint density at radius 3 is 2.83 bits per heavy atom. The molecule has 1 saturated heterocycles. The first-order valence-electron chi connectivity index (χ1n) is 6.64. The quantitative estimate of drug-likeness (QED) is 0.783. The number of imide groups is 1. The van der Waals surface area contributed by atoms with Crippen LogP contribution in [0.2, 0.25) is 5.02 Å². The van der Waals surface area contributed by atoms with Crippen LogP contribution < -0.4 is 0 Å². The molecule has 1 aliphatic heterocycles. The maximum Gasteiger partial charge on any atom is 0.293 e. The largest absolute Gasteiger partial charge is 0.293 e. The molecule has 1 aliphatic rings. The Morgan fingerprint density at radius 1 is 1.30 bits per heavy atom. The van der Waals surface area contributed by atoms with E-state index in [0.29, 0.717) is 10.5 Å². The first kappa shape index (κ1) is 15.7. The number of amides is 2. The lowest BCUT2D eigenvalue weighted by molar-refractivity contribution is -0.123. The third kappa shape index (κ3) is 3.43. The Bertz CT molecular complexity index is 811. The highest BCUT2D eigenvalue weighted by Crippen LogP contribution is 2.34. The molecule has 1 aromatic carbocycles. The number of nitrogens with zero attached hydrogens (tertiary/aromatic N) is 2. The highest BCUT2D eigenvalue weighted by molar-refractivity contribution is 8.18. The van der Waals surface area contributed by atoms with Gasteiger partial charge in [-0.25, -0.2) is 4.39 Å². The van der Waals surface area contributed by atoms with Crippen molar-refractivity contribution in [2.24, 2.45) is 0 Å². The van der Waals surface area contributed by atoms with Crippen molar-refractivity contribution in [3.63, 3.8) is 0 Å². The van der Waals surface area contributed by atoms with Crippen LogP contribution in [0.3, 0.4) is 0 Å². The summed E-state index contributed by atoms with van der Waals surface area (Å²) < 4.78 is 13.1. The molecule has 7 heteroatoms. The zero-order chi connectivity index (χ0) is 16.4. The molecule has 0 radical (unpaired) electrons. The number of hydrogen-bond acceptors (Lipinski definition) is 4. The number of carbonyl (C=O) groups is 2. The van der Waals surface area contributed by atoms with E-state index in [1.54, 1.807) is 30.6 Å². The maximum atomic E-state index is 13.1. The molecule has 0 atom stereocenters. The number of hydrogen-bond donors (Lipinski definition) is 0. The van der Waals surface area contributed by atoms with Crippen molar-refractivity contribution in [2.45, 2.75) is 6.54 Å². The van der Waals surface area contributed by atoms with E-state index < -0.39 is 11.7 Å². The lowest BCUT2D eigenvalue weighted by Crippen LogP contribution is -2.27. The minimum atomic E-state index is -0.468. The molecule has 2 aromatic rings. The molecule has 4 nitrogen and oxygen atoms in total. The number of halogens is 2. The van der Waals surface area contributed by atoms with E-state index in [1.807, 2.05) is 0 Å². The zero-order valence-electron chi connectivity index (χ0n) is 11.7. The minimum absolute atomic E-state index is 0.00809. The van der Waals surface area contributed by atoms with E-state index >= 15 is 0 Å². The van der Waals surface area contributed by atoms with Gasteiger partial charge in [0.2, 0.25) is 0 Å². The molecule has 0 aliphatic carbocycles. The van der Waals surface area contributed by atoms with Gasteiger partial charge < -0.3 is 0 Å². The average Bonchev–Trinajstić information content (AvgIpc) is 2.78. The van der Waals surface area contributed by atoms with Gasteiger partial charge in [0, 0.05) is 17.4 Å².